The van der Waals surface area contributed by atoms with E-state index in [2.05, 4.69) is 15.5 Å². The molecule has 0 fully saturated rings. The lowest BCUT2D eigenvalue weighted by molar-refractivity contribution is -0.115. The summed E-state index contributed by atoms with van der Waals surface area (Å²) in [4.78, 5) is 12.8. The number of aromatic nitrogens is 3. The highest BCUT2D eigenvalue weighted by Crippen LogP contribution is 2.27. The van der Waals surface area contributed by atoms with Gasteiger partial charge in [-0.1, -0.05) is 48.2 Å². The molecule has 0 aliphatic carbocycles. The number of fused-ring (bicyclic) bond motifs is 3. The molecular weight excluding hydrogens is 420 g/mol. The Morgan fingerprint density at radius 1 is 0.875 bits per heavy atom. The maximum atomic E-state index is 12.8. The smallest absolute Gasteiger partial charge is 0.237 e. The fourth-order valence-corrected chi connectivity index (χ4v) is 4.24. The molecule has 2 heterocycles. The molecule has 5 rings (SSSR count). The first-order valence-corrected chi connectivity index (χ1v) is 11.1. The molecule has 7 heteroatoms. The molecule has 0 saturated heterocycles. The van der Waals surface area contributed by atoms with Crippen LogP contribution in [-0.2, 0) is 4.79 Å². The summed E-state index contributed by atoms with van der Waals surface area (Å²) in [6.45, 7) is 1.86. The van der Waals surface area contributed by atoms with Gasteiger partial charge in [-0.15, -0.1) is 10.2 Å². The molecular formula is C25H20N4O2S. The molecule has 1 amide bonds. The van der Waals surface area contributed by atoms with E-state index in [0.717, 1.165) is 22.3 Å². The summed E-state index contributed by atoms with van der Waals surface area (Å²) in [5, 5.41) is 12.9. The summed E-state index contributed by atoms with van der Waals surface area (Å²) in [7, 11) is 0. The van der Waals surface area contributed by atoms with Crippen LogP contribution in [-0.4, -0.2) is 25.8 Å². The Morgan fingerprint density at radius 3 is 2.41 bits per heavy atom. The largest absolute Gasteiger partial charge is 0.457 e. The molecule has 0 aliphatic heterocycles. The van der Waals surface area contributed by atoms with Crippen LogP contribution in [0.15, 0.2) is 96.2 Å². The number of thioether (sulfide) groups is 1. The first-order valence-electron chi connectivity index (χ1n) is 10.2. The topological polar surface area (TPSA) is 68.5 Å². The van der Waals surface area contributed by atoms with E-state index in [-0.39, 0.29) is 11.2 Å². The van der Waals surface area contributed by atoms with Gasteiger partial charge in [0.2, 0.25) is 5.91 Å². The fraction of sp³-hybridized carbons (Fsp3) is 0.0800. The summed E-state index contributed by atoms with van der Waals surface area (Å²) < 4.78 is 7.78. The first-order chi connectivity index (χ1) is 15.7. The number of ether oxygens (including phenoxy) is 1. The summed E-state index contributed by atoms with van der Waals surface area (Å²) in [5.41, 5.74) is 2.48. The van der Waals surface area contributed by atoms with Crippen molar-refractivity contribution in [1.82, 2.24) is 14.6 Å². The molecule has 0 saturated carbocycles. The Hall–Kier alpha value is -3.84. The highest BCUT2D eigenvalue weighted by molar-refractivity contribution is 8.00. The number of hydrogen-bond donors (Lipinski definition) is 1. The number of anilines is 1. The molecule has 32 heavy (non-hydrogen) atoms. The van der Waals surface area contributed by atoms with Gasteiger partial charge >= 0.3 is 0 Å². The van der Waals surface area contributed by atoms with Crippen molar-refractivity contribution in [2.45, 2.75) is 17.3 Å². The van der Waals surface area contributed by atoms with Crippen LogP contribution in [0.4, 0.5) is 5.69 Å². The number of pyridine rings is 1. The predicted octanol–water partition coefficient (Wildman–Crippen LogP) is 5.79. The Morgan fingerprint density at radius 2 is 1.59 bits per heavy atom. The van der Waals surface area contributed by atoms with Crippen molar-refractivity contribution in [2.24, 2.45) is 0 Å². The lowest BCUT2D eigenvalue weighted by Crippen LogP contribution is -2.22. The number of nitrogens with one attached hydrogen (secondary N) is 1. The van der Waals surface area contributed by atoms with Gasteiger partial charge in [-0.2, -0.15) is 0 Å². The van der Waals surface area contributed by atoms with Gasteiger partial charge in [-0.25, -0.2) is 0 Å². The summed E-state index contributed by atoms with van der Waals surface area (Å²) in [6.07, 6.45) is 0. The third kappa shape index (κ3) is 4.15. The standard InChI is InChI=1S/C25H20N4O2S/c1-17(32-25-28-27-23-16-11-18-7-5-6-10-22(18)29(23)25)24(30)26-19-12-14-21(15-13-19)31-20-8-3-2-4-9-20/h2-17H,1H3,(H,26,30)/t17-/m0/s1. The van der Waals surface area contributed by atoms with Gasteiger partial charge < -0.3 is 10.1 Å². The normalized spacial score (nSPS) is 12.0. The van der Waals surface area contributed by atoms with Crippen LogP contribution in [0.25, 0.3) is 16.6 Å². The Labute approximate surface area is 189 Å². The molecule has 0 radical (unpaired) electrons. The van der Waals surface area contributed by atoms with Gasteiger partial charge in [0.1, 0.15) is 11.5 Å². The zero-order chi connectivity index (χ0) is 21.9. The molecule has 1 atom stereocenters. The number of amides is 1. The van der Waals surface area contributed by atoms with Crippen LogP contribution in [0.2, 0.25) is 0 Å². The maximum absolute atomic E-state index is 12.8. The van der Waals surface area contributed by atoms with Gasteiger partial charge in [0.15, 0.2) is 10.8 Å². The second-order valence-electron chi connectivity index (χ2n) is 7.26. The lowest BCUT2D eigenvalue weighted by Gasteiger charge is -2.12. The van der Waals surface area contributed by atoms with Crippen molar-refractivity contribution in [3.05, 3.63) is 91.0 Å². The van der Waals surface area contributed by atoms with E-state index in [9.17, 15) is 4.79 Å². The number of carbonyl (C=O) groups excluding carboxylic acids is 1. The minimum absolute atomic E-state index is 0.108. The number of rotatable bonds is 6. The minimum Gasteiger partial charge on any atom is -0.457 e. The van der Waals surface area contributed by atoms with Crippen molar-refractivity contribution in [3.8, 4) is 11.5 Å². The van der Waals surface area contributed by atoms with Crippen molar-refractivity contribution in [1.29, 1.82) is 0 Å². The zero-order valence-corrected chi connectivity index (χ0v) is 18.1. The fourth-order valence-electron chi connectivity index (χ4n) is 3.37. The van der Waals surface area contributed by atoms with Crippen LogP contribution in [0, 0.1) is 0 Å². The number of nitrogens with zero attached hydrogens (tertiary/aromatic N) is 3. The van der Waals surface area contributed by atoms with Crippen molar-refractivity contribution in [2.75, 3.05) is 5.32 Å². The molecule has 1 N–H and O–H groups in total. The van der Waals surface area contributed by atoms with Gasteiger partial charge in [0, 0.05) is 5.69 Å². The molecule has 5 aromatic rings. The van der Waals surface area contributed by atoms with Crippen molar-refractivity contribution in [3.63, 3.8) is 0 Å². The minimum atomic E-state index is -0.360. The van der Waals surface area contributed by atoms with E-state index >= 15 is 0 Å². The molecule has 6 nitrogen and oxygen atoms in total. The van der Waals surface area contributed by atoms with Crippen molar-refractivity contribution < 1.29 is 9.53 Å². The van der Waals surface area contributed by atoms with Gasteiger partial charge in [0.25, 0.3) is 0 Å². The SMILES string of the molecule is C[C@H](Sc1nnc2ccc3ccccc3n12)C(=O)Nc1ccc(Oc2ccccc2)cc1. The molecule has 3 aromatic carbocycles. The molecule has 0 unspecified atom stereocenters. The van der Waals surface area contributed by atoms with E-state index in [1.54, 1.807) is 0 Å². The highest BCUT2D eigenvalue weighted by atomic mass is 32.2. The quantitative estimate of drug-likeness (QED) is 0.338. The average Bonchev–Trinajstić information content (AvgIpc) is 3.24. The number of hydrogen-bond acceptors (Lipinski definition) is 5. The van der Waals surface area contributed by atoms with Crippen LogP contribution >= 0.6 is 11.8 Å². The summed E-state index contributed by atoms with van der Waals surface area (Å²) in [5.74, 6) is 1.37. The van der Waals surface area contributed by atoms with Crippen molar-refractivity contribution >= 4 is 39.9 Å². The van der Waals surface area contributed by atoms with E-state index in [0.29, 0.717) is 16.6 Å². The molecule has 0 aliphatic rings. The van der Waals surface area contributed by atoms with Crippen LogP contribution in [0.1, 0.15) is 6.92 Å². The number of carbonyl (C=O) groups is 1. The van der Waals surface area contributed by atoms with Crippen LogP contribution in [0.5, 0.6) is 11.5 Å². The Bertz CT molecular complexity index is 1380. The van der Waals surface area contributed by atoms with E-state index in [1.807, 2.05) is 102 Å². The summed E-state index contributed by atoms with van der Waals surface area (Å²) >= 11 is 1.38. The van der Waals surface area contributed by atoms with Crippen LogP contribution in [0.3, 0.4) is 0 Å². The Kier molecular flexibility index (Phi) is 5.47. The molecule has 2 aromatic heterocycles. The van der Waals surface area contributed by atoms with Crippen LogP contribution < -0.4 is 10.1 Å². The average molecular weight is 441 g/mol. The molecule has 0 spiro atoms. The second-order valence-corrected chi connectivity index (χ2v) is 8.57. The third-order valence-corrected chi connectivity index (χ3v) is 6.04. The summed E-state index contributed by atoms with van der Waals surface area (Å²) in [6, 6.07) is 28.9. The monoisotopic (exact) mass is 440 g/mol. The van der Waals surface area contributed by atoms with Gasteiger partial charge in [0.05, 0.1) is 10.8 Å². The first kappa shape index (κ1) is 20.1. The lowest BCUT2D eigenvalue weighted by atomic mass is 10.2. The third-order valence-electron chi connectivity index (χ3n) is 5.00. The highest BCUT2D eigenvalue weighted by Gasteiger charge is 2.19. The Balaban J connectivity index is 1.28. The number of benzene rings is 3. The van der Waals surface area contributed by atoms with E-state index < -0.39 is 0 Å². The van der Waals surface area contributed by atoms with Gasteiger partial charge in [-0.05, 0) is 66.9 Å². The van der Waals surface area contributed by atoms with E-state index in [4.69, 9.17) is 4.74 Å². The number of para-hydroxylation sites is 2. The second kappa shape index (κ2) is 8.72. The maximum Gasteiger partial charge on any atom is 0.237 e. The molecule has 0 bridgehead atoms. The van der Waals surface area contributed by atoms with E-state index in [1.165, 1.54) is 11.8 Å². The predicted molar refractivity (Wildman–Crippen MR) is 127 cm³/mol. The van der Waals surface area contributed by atoms with Gasteiger partial charge in [-0.3, -0.25) is 9.20 Å². The molecule has 158 valence electrons. The zero-order valence-electron chi connectivity index (χ0n) is 17.3.